The standard InChI is InChI=1S/C11H16N2OS/c1-2-3-4-8-14-10-7-5-6-9(13-10)11(12)15/h5-7H,2-4,8H2,1H3,(H2,12,15). The summed E-state index contributed by atoms with van der Waals surface area (Å²) in [6.45, 7) is 2.85. The fourth-order valence-corrected chi connectivity index (χ4v) is 1.27. The Labute approximate surface area is 95.7 Å². The topological polar surface area (TPSA) is 48.1 Å². The maximum Gasteiger partial charge on any atom is 0.213 e. The van der Waals surface area contributed by atoms with Gasteiger partial charge in [0.2, 0.25) is 5.88 Å². The first-order valence-corrected chi connectivity index (χ1v) is 5.54. The third-order valence-corrected chi connectivity index (χ3v) is 2.18. The number of hydrogen-bond acceptors (Lipinski definition) is 3. The van der Waals surface area contributed by atoms with Gasteiger partial charge in [-0.1, -0.05) is 38.0 Å². The van der Waals surface area contributed by atoms with E-state index in [2.05, 4.69) is 11.9 Å². The molecule has 0 fully saturated rings. The fourth-order valence-electron chi connectivity index (χ4n) is 1.16. The molecule has 0 aliphatic carbocycles. The largest absolute Gasteiger partial charge is 0.478 e. The van der Waals surface area contributed by atoms with Gasteiger partial charge in [0.25, 0.3) is 0 Å². The van der Waals surface area contributed by atoms with Crippen LogP contribution in [0.1, 0.15) is 31.9 Å². The third-order valence-electron chi connectivity index (χ3n) is 1.97. The molecule has 4 heteroatoms. The first kappa shape index (κ1) is 11.9. The summed E-state index contributed by atoms with van der Waals surface area (Å²) in [4.78, 5) is 4.48. The van der Waals surface area contributed by atoms with Gasteiger partial charge in [0.1, 0.15) is 10.7 Å². The zero-order chi connectivity index (χ0) is 11.1. The summed E-state index contributed by atoms with van der Waals surface area (Å²) < 4.78 is 5.47. The Bertz CT molecular complexity index is 328. The molecule has 1 heterocycles. The van der Waals surface area contributed by atoms with Gasteiger partial charge in [-0.2, -0.15) is 0 Å². The van der Waals surface area contributed by atoms with Crippen molar-refractivity contribution >= 4 is 17.2 Å². The van der Waals surface area contributed by atoms with Crippen LogP contribution in [0.15, 0.2) is 18.2 Å². The lowest BCUT2D eigenvalue weighted by molar-refractivity contribution is 0.295. The lowest BCUT2D eigenvalue weighted by Crippen LogP contribution is -2.12. The van der Waals surface area contributed by atoms with E-state index in [1.54, 1.807) is 6.07 Å². The third kappa shape index (κ3) is 4.25. The molecule has 0 radical (unpaired) electrons. The van der Waals surface area contributed by atoms with Gasteiger partial charge in [-0.25, -0.2) is 4.98 Å². The van der Waals surface area contributed by atoms with Crippen LogP contribution in [0.25, 0.3) is 0 Å². The highest BCUT2D eigenvalue weighted by molar-refractivity contribution is 7.80. The van der Waals surface area contributed by atoms with Crippen LogP contribution < -0.4 is 10.5 Å². The van der Waals surface area contributed by atoms with Gasteiger partial charge in [-0.05, 0) is 12.5 Å². The molecule has 0 bridgehead atoms. The first-order valence-electron chi connectivity index (χ1n) is 5.13. The molecular formula is C11H16N2OS. The monoisotopic (exact) mass is 224 g/mol. The highest BCUT2D eigenvalue weighted by Gasteiger charge is 2.00. The second-order valence-corrected chi connectivity index (χ2v) is 3.72. The molecule has 2 N–H and O–H groups in total. The van der Waals surface area contributed by atoms with E-state index in [1.165, 1.54) is 12.8 Å². The summed E-state index contributed by atoms with van der Waals surface area (Å²) in [6, 6.07) is 5.44. The lowest BCUT2D eigenvalue weighted by atomic mass is 10.3. The minimum Gasteiger partial charge on any atom is -0.478 e. The average molecular weight is 224 g/mol. The highest BCUT2D eigenvalue weighted by atomic mass is 32.1. The van der Waals surface area contributed by atoms with Gasteiger partial charge in [-0.15, -0.1) is 0 Å². The molecule has 82 valence electrons. The van der Waals surface area contributed by atoms with Gasteiger partial charge in [-0.3, -0.25) is 0 Å². The number of nitrogens with two attached hydrogens (primary N) is 1. The number of nitrogens with zero attached hydrogens (tertiary/aromatic N) is 1. The first-order chi connectivity index (χ1) is 7.24. The Morgan fingerprint density at radius 1 is 1.47 bits per heavy atom. The van der Waals surface area contributed by atoms with Crippen LogP contribution in [0.2, 0.25) is 0 Å². The van der Waals surface area contributed by atoms with E-state index in [9.17, 15) is 0 Å². The summed E-state index contributed by atoms with van der Waals surface area (Å²) >= 11 is 4.84. The molecule has 3 nitrogen and oxygen atoms in total. The minimum absolute atomic E-state index is 0.300. The molecule has 0 atom stereocenters. The minimum atomic E-state index is 0.300. The van der Waals surface area contributed by atoms with E-state index >= 15 is 0 Å². The van der Waals surface area contributed by atoms with Crippen molar-refractivity contribution in [3.8, 4) is 5.88 Å². The van der Waals surface area contributed by atoms with Crippen molar-refractivity contribution < 1.29 is 4.74 Å². The summed E-state index contributed by atoms with van der Waals surface area (Å²) in [6.07, 6.45) is 3.41. The second kappa shape index (κ2) is 6.35. The van der Waals surface area contributed by atoms with Crippen LogP contribution in [0.4, 0.5) is 0 Å². The van der Waals surface area contributed by atoms with Gasteiger partial charge in [0.05, 0.1) is 6.61 Å². The van der Waals surface area contributed by atoms with E-state index in [0.29, 0.717) is 23.2 Å². The van der Waals surface area contributed by atoms with Crippen molar-refractivity contribution in [3.63, 3.8) is 0 Å². The smallest absolute Gasteiger partial charge is 0.213 e. The lowest BCUT2D eigenvalue weighted by Gasteiger charge is -2.05. The van der Waals surface area contributed by atoms with E-state index < -0.39 is 0 Å². The Morgan fingerprint density at radius 2 is 2.27 bits per heavy atom. The van der Waals surface area contributed by atoms with E-state index in [4.69, 9.17) is 22.7 Å². The Hall–Kier alpha value is -1.16. The number of unbranched alkanes of at least 4 members (excludes halogenated alkanes) is 2. The zero-order valence-corrected chi connectivity index (χ0v) is 9.72. The maximum absolute atomic E-state index is 5.47. The van der Waals surface area contributed by atoms with Crippen LogP contribution in [0, 0.1) is 0 Å². The van der Waals surface area contributed by atoms with Crippen molar-refractivity contribution in [3.05, 3.63) is 23.9 Å². The number of ether oxygens (including phenoxy) is 1. The van der Waals surface area contributed by atoms with E-state index in [-0.39, 0.29) is 0 Å². The molecule has 0 unspecified atom stereocenters. The summed E-state index contributed by atoms with van der Waals surface area (Å²) in [7, 11) is 0. The normalized spacial score (nSPS) is 9.93. The number of thiocarbonyl (C=S) groups is 1. The van der Waals surface area contributed by atoms with Crippen molar-refractivity contribution in [2.24, 2.45) is 5.73 Å². The van der Waals surface area contributed by atoms with E-state index in [1.807, 2.05) is 12.1 Å². The van der Waals surface area contributed by atoms with Crippen LogP contribution in [0.5, 0.6) is 5.88 Å². The molecule has 1 aromatic rings. The molecular weight excluding hydrogens is 208 g/mol. The van der Waals surface area contributed by atoms with Crippen molar-refractivity contribution in [2.75, 3.05) is 6.61 Å². The molecule has 0 aromatic carbocycles. The molecule has 0 amide bonds. The van der Waals surface area contributed by atoms with Gasteiger partial charge in [0, 0.05) is 6.07 Å². The van der Waals surface area contributed by atoms with Crippen molar-refractivity contribution in [2.45, 2.75) is 26.2 Å². The van der Waals surface area contributed by atoms with Gasteiger partial charge in [0.15, 0.2) is 0 Å². The predicted octanol–water partition coefficient (Wildman–Crippen LogP) is 2.28. The highest BCUT2D eigenvalue weighted by Crippen LogP contribution is 2.08. The number of hydrogen-bond donors (Lipinski definition) is 1. The Kier molecular flexibility index (Phi) is 5.04. The number of aromatic nitrogens is 1. The van der Waals surface area contributed by atoms with Crippen LogP contribution in [-0.2, 0) is 0 Å². The molecule has 1 rings (SSSR count). The Morgan fingerprint density at radius 3 is 2.93 bits per heavy atom. The summed E-state index contributed by atoms with van der Waals surface area (Å²) in [5.41, 5.74) is 6.08. The van der Waals surface area contributed by atoms with Crippen molar-refractivity contribution in [1.82, 2.24) is 4.98 Å². The van der Waals surface area contributed by atoms with Crippen molar-refractivity contribution in [1.29, 1.82) is 0 Å². The molecule has 0 aliphatic heterocycles. The Balaban J connectivity index is 2.47. The number of pyridine rings is 1. The molecule has 0 saturated heterocycles. The summed E-state index contributed by atoms with van der Waals surface area (Å²) in [5.74, 6) is 0.594. The summed E-state index contributed by atoms with van der Waals surface area (Å²) in [5, 5.41) is 0. The predicted molar refractivity (Wildman–Crippen MR) is 65.1 cm³/mol. The van der Waals surface area contributed by atoms with Crippen LogP contribution in [-0.4, -0.2) is 16.6 Å². The second-order valence-electron chi connectivity index (χ2n) is 3.28. The SMILES string of the molecule is CCCCCOc1cccc(C(N)=S)n1. The van der Waals surface area contributed by atoms with Crippen LogP contribution >= 0.6 is 12.2 Å². The van der Waals surface area contributed by atoms with Crippen LogP contribution in [0.3, 0.4) is 0 Å². The molecule has 0 spiro atoms. The molecule has 1 aromatic heterocycles. The van der Waals surface area contributed by atoms with Gasteiger partial charge >= 0.3 is 0 Å². The van der Waals surface area contributed by atoms with Gasteiger partial charge < -0.3 is 10.5 Å². The average Bonchev–Trinajstić information content (AvgIpc) is 2.25. The fraction of sp³-hybridized carbons (Fsp3) is 0.455. The number of rotatable bonds is 6. The zero-order valence-electron chi connectivity index (χ0n) is 8.90. The molecule has 0 aliphatic rings. The van der Waals surface area contributed by atoms with E-state index in [0.717, 1.165) is 6.42 Å². The molecule has 0 saturated carbocycles. The quantitative estimate of drug-likeness (QED) is 0.595. The molecule has 15 heavy (non-hydrogen) atoms. The maximum atomic E-state index is 5.47.